The van der Waals surface area contributed by atoms with Gasteiger partial charge in [0.15, 0.2) is 11.5 Å². The molecule has 0 radical (unpaired) electrons. The van der Waals surface area contributed by atoms with E-state index in [2.05, 4.69) is 25.1 Å². The van der Waals surface area contributed by atoms with Crippen molar-refractivity contribution in [1.29, 1.82) is 0 Å². The number of ether oxygens (including phenoxy) is 2. The van der Waals surface area contributed by atoms with Gasteiger partial charge in [-0.2, -0.15) is 5.10 Å². The zero-order chi connectivity index (χ0) is 30.8. The molecule has 0 aliphatic rings. The number of hydrogen-bond acceptors (Lipinski definition) is 8. The van der Waals surface area contributed by atoms with Gasteiger partial charge >= 0.3 is 0 Å². The van der Waals surface area contributed by atoms with Crippen molar-refractivity contribution in [3.63, 3.8) is 0 Å². The van der Waals surface area contributed by atoms with Crippen molar-refractivity contribution in [3.8, 4) is 45.4 Å². The van der Waals surface area contributed by atoms with Crippen LogP contribution in [0, 0.1) is 5.82 Å². The lowest BCUT2D eigenvalue weighted by molar-refractivity contribution is 0.260. The van der Waals surface area contributed by atoms with Gasteiger partial charge in [0.1, 0.15) is 36.0 Å². The molecular formula is C34H29FN8O2. The summed E-state index contributed by atoms with van der Waals surface area (Å²) in [7, 11) is 3.91. The quantitative estimate of drug-likeness (QED) is 0.188. The van der Waals surface area contributed by atoms with Gasteiger partial charge in [-0.15, -0.1) is 0 Å². The molecule has 0 atom stereocenters. The number of aromatic amines is 2. The molecule has 0 aliphatic carbocycles. The number of pyridine rings is 3. The Morgan fingerprint density at radius 2 is 1.62 bits per heavy atom. The number of likely N-dealkylation sites (N-methyl/N-ethyl adjacent to an activating group) is 1. The minimum absolute atomic E-state index is 0.404. The number of fused-ring (bicyclic) bond motifs is 2. The van der Waals surface area contributed by atoms with Crippen LogP contribution in [-0.4, -0.2) is 67.3 Å². The van der Waals surface area contributed by atoms with Gasteiger partial charge in [-0.05, 0) is 55.6 Å². The van der Waals surface area contributed by atoms with Crippen molar-refractivity contribution >= 4 is 22.1 Å². The first kappa shape index (κ1) is 28.1. The summed E-state index contributed by atoms with van der Waals surface area (Å²) in [5, 5.41) is 7.58. The summed E-state index contributed by atoms with van der Waals surface area (Å²) in [6.07, 6.45) is 6.79. The molecule has 0 amide bonds. The van der Waals surface area contributed by atoms with Crippen molar-refractivity contribution < 1.29 is 13.9 Å². The summed E-state index contributed by atoms with van der Waals surface area (Å²) in [6.45, 7) is 1.59. The third-order valence-electron chi connectivity index (χ3n) is 7.27. The van der Waals surface area contributed by atoms with Crippen LogP contribution in [0.15, 0.2) is 91.5 Å². The number of imidazole rings is 1. The summed E-state index contributed by atoms with van der Waals surface area (Å²) in [6, 6.07) is 20.3. The average molecular weight is 601 g/mol. The lowest BCUT2D eigenvalue weighted by Gasteiger charge is -2.12. The largest absolute Gasteiger partial charge is 0.492 e. The highest BCUT2D eigenvalue weighted by Gasteiger charge is 2.18. The van der Waals surface area contributed by atoms with Crippen LogP contribution in [0.5, 0.6) is 11.5 Å². The number of aromatic nitrogens is 7. The second-order valence-electron chi connectivity index (χ2n) is 10.8. The maximum absolute atomic E-state index is 14.7. The molecule has 7 aromatic rings. The van der Waals surface area contributed by atoms with Crippen LogP contribution in [0.3, 0.4) is 0 Å². The number of nitrogens with one attached hydrogen (secondary N) is 2. The maximum atomic E-state index is 14.7. The first-order chi connectivity index (χ1) is 22.0. The molecular weight excluding hydrogens is 571 g/mol. The lowest BCUT2D eigenvalue weighted by Crippen LogP contribution is -2.19. The van der Waals surface area contributed by atoms with Gasteiger partial charge in [-0.3, -0.25) is 15.1 Å². The van der Waals surface area contributed by atoms with Gasteiger partial charge in [0.05, 0.1) is 34.6 Å². The van der Waals surface area contributed by atoms with E-state index in [0.717, 1.165) is 16.6 Å². The predicted molar refractivity (Wildman–Crippen MR) is 170 cm³/mol. The molecule has 2 aromatic carbocycles. The van der Waals surface area contributed by atoms with Gasteiger partial charge in [-0.25, -0.2) is 14.4 Å². The van der Waals surface area contributed by atoms with E-state index in [4.69, 9.17) is 19.4 Å². The minimum atomic E-state index is -0.404. The fourth-order valence-electron chi connectivity index (χ4n) is 5.01. The third-order valence-corrected chi connectivity index (χ3v) is 7.27. The van der Waals surface area contributed by atoms with Crippen LogP contribution < -0.4 is 9.47 Å². The lowest BCUT2D eigenvalue weighted by atomic mass is 10.1. The molecule has 0 saturated carbocycles. The van der Waals surface area contributed by atoms with Gasteiger partial charge in [-0.1, -0.05) is 30.3 Å². The van der Waals surface area contributed by atoms with E-state index < -0.39 is 5.82 Å². The molecule has 0 fully saturated rings. The smallest absolute Gasteiger partial charge is 0.161 e. The Labute approximate surface area is 257 Å². The van der Waals surface area contributed by atoms with E-state index >= 15 is 0 Å². The van der Waals surface area contributed by atoms with Crippen molar-refractivity contribution in [2.45, 2.75) is 6.61 Å². The maximum Gasteiger partial charge on any atom is 0.161 e. The average Bonchev–Trinajstić information content (AvgIpc) is 3.68. The van der Waals surface area contributed by atoms with Crippen LogP contribution in [0.25, 0.3) is 56.0 Å². The van der Waals surface area contributed by atoms with E-state index in [1.54, 1.807) is 30.9 Å². The summed E-state index contributed by atoms with van der Waals surface area (Å²) in [5.74, 6) is 1.19. The highest BCUT2D eigenvalue weighted by molar-refractivity contribution is 5.96. The molecule has 0 saturated heterocycles. The van der Waals surface area contributed by atoms with E-state index in [0.29, 0.717) is 76.1 Å². The predicted octanol–water partition coefficient (Wildman–Crippen LogP) is 6.28. The molecule has 0 unspecified atom stereocenters. The van der Waals surface area contributed by atoms with Crippen molar-refractivity contribution in [1.82, 2.24) is 40.0 Å². The summed E-state index contributed by atoms with van der Waals surface area (Å²) in [4.78, 5) is 23.9. The first-order valence-corrected chi connectivity index (χ1v) is 14.4. The number of halogens is 1. The SMILES string of the molecule is CN(C)CCOc1cc(F)cc(-c2cncc3[nH]c(-c4n[nH]c5ccc(-c6cncc(OCc7ccccc7)c6)nc45)nc23)c1. The molecule has 10 nitrogen and oxygen atoms in total. The second-order valence-corrected chi connectivity index (χ2v) is 10.8. The molecule has 11 heteroatoms. The summed E-state index contributed by atoms with van der Waals surface area (Å²) < 4.78 is 26.4. The molecule has 0 bridgehead atoms. The van der Waals surface area contributed by atoms with E-state index in [9.17, 15) is 4.39 Å². The highest BCUT2D eigenvalue weighted by atomic mass is 19.1. The monoisotopic (exact) mass is 600 g/mol. The summed E-state index contributed by atoms with van der Waals surface area (Å²) in [5.41, 5.74) is 7.11. The number of hydrogen-bond donors (Lipinski definition) is 2. The molecule has 224 valence electrons. The van der Waals surface area contributed by atoms with E-state index in [-0.39, 0.29) is 0 Å². The van der Waals surface area contributed by atoms with Crippen molar-refractivity contribution in [2.24, 2.45) is 0 Å². The Bertz CT molecular complexity index is 2110. The number of benzene rings is 2. The Balaban J connectivity index is 1.20. The second kappa shape index (κ2) is 12.1. The molecule has 5 aromatic heterocycles. The van der Waals surface area contributed by atoms with Crippen LogP contribution in [0.2, 0.25) is 0 Å². The summed E-state index contributed by atoms with van der Waals surface area (Å²) >= 11 is 0. The Hall–Kier alpha value is -5.68. The standard InChI is InChI=1S/C34H29FN8O2/c1-43(2)10-11-44-25-13-22(12-24(35)15-25)27-18-37-19-30-31(27)40-34(39-30)33-32-29(41-42-33)9-8-28(38-32)23-14-26(17-36-16-23)45-20-21-6-4-3-5-7-21/h3-9,12-19H,10-11,20H2,1-2H3,(H,39,40)(H,41,42). The zero-order valence-electron chi connectivity index (χ0n) is 24.7. The molecule has 7 rings (SSSR count). The third kappa shape index (κ3) is 6.06. The molecule has 2 N–H and O–H groups in total. The molecule has 0 spiro atoms. The van der Waals surface area contributed by atoms with E-state index in [1.165, 1.54) is 12.1 Å². The highest BCUT2D eigenvalue weighted by Crippen LogP contribution is 2.33. The zero-order valence-corrected chi connectivity index (χ0v) is 24.7. The fourth-order valence-corrected chi connectivity index (χ4v) is 5.01. The fraction of sp³-hybridized carbons (Fsp3) is 0.147. The number of nitrogens with zero attached hydrogens (tertiary/aromatic N) is 6. The normalized spacial score (nSPS) is 11.5. The van der Waals surface area contributed by atoms with E-state index in [1.807, 2.05) is 67.5 Å². The van der Waals surface area contributed by atoms with Gasteiger partial charge in [0.2, 0.25) is 0 Å². The van der Waals surface area contributed by atoms with Gasteiger partial charge < -0.3 is 19.4 Å². The molecule has 45 heavy (non-hydrogen) atoms. The molecule has 5 heterocycles. The first-order valence-electron chi connectivity index (χ1n) is 14.4. The Kier molecular flexibility index (Phi) is 7.58. The van der Waals surface area contributed by atoms with Crippen LogP contribution in [0.4, 0.5) is 4.39 Å². The van der Waals surface area contributed by atoms with Crippen molar-refractivity contribution in [3.05, 3.63) is 103 Å². The number of rotatable bonds is 10. The van der Waals surface area contributed by atoms with Crippen molar-refractivity contribution in [2.75, 3.05) is 27.2 Å². The van der Waals surface area contributed by atoms with Crippen LogP contribution in [0.1, 0.15) is 5.56 Å². The van der Waals surface area contributed by atoms with Gasteiger partial charge in [0, 0.05) is 36.1 Å². The molecule has 0 aliphatic heterocycles. The topological polar surface area (TPSA) is 118 Å². The Morgan fingerprint density at radius 1 is 0.778 bits per heavy atom. The Morgan fingerprint density at radius 3 is 2.49 bits per heavy atom. The van der Waals surface area contributed by atoms with Crippen LogP contribution in [-0.2, 0) is 6.61 Å². The van der Waals surface area contributed by atoms with Crippen LogP contribution >= 0.6 is 0 Å². The number of H-pyrrole nitrogens is 2. The van der Waals surface area contributed by atoms with Gasteiger partial charge in [0.25, 0.3) is 0 Å². The minimum Gasteiger partial charge on any atom is -0.492 e.